The Morgan fingerprint density at radius 1 is 1.39 bits per heavy atom. The summed E-state index contributed by atoms with van der Waals surface area (Å²) in [5, 5.41) is 3.32. The number of anilines is 2. The fourth-order valence-corrected chi connectivity index (χ4v) is 1.42. The molecule has 0 aliphatic heterocycles. The summed E-state index contributed by atoms with van der Waals surface area (Å²) >= 11 is 5.88. The van der Waals surface area contributed by atoms with E-state index in [1.807, 2.05) is 25.1 Å². The molecule has 1 amide bonds. The van der Waals surface area contributed by atoms with E-state index >= 15 is 0 Å². The normalized spacial score (nSPS) is 10.7. The maximum absolute atomic E-state index is 11.5. The van der Waals surface area contributed by atoms with Crippen LogP contribution in [0.4, 0.5) is 11.4 Å². The molecule has 4 nitrogen and oxygen atoms in total. The maximum atomic E-state index is 11.5. The van der Waals surface area contributed by atoms with Crippen LogP contribution in [0.5, 0.6) is 0 Å². The molecule has 0 radical (unpaired) electrons. The molecule has 7 heteroatoms. The van der Waals surface area contributed by atoms with Crippen LogP contribution < -0.4 is 16.0 Å². The number of hydrogen-bond acceptors (Lipinski definition) is 3. The lowest BCUT2D eigenvalue weighted by Gasteiger charge is -2.18. The molecular weight excluding hydrogens is 296 g/mol. The van der Waals surface area contributed by atoms with E-state index in [4.69, 9.17) is 17.3 Å². The predicted molar refractivity (Wildman–Crippen MR) is 82.6 cm³/mol. The molecule has 0 saturated heterocycles. The number of rotatable bonds is 3. The minimum Gasteiger partial charge on any atom is -0.376 e. The first-order chi connectivity index (χ1) is 7.41. The molecule has 0 heterocycles. The van der Waals surface area contributed by atoms with Gasteiger partial charge in [-0.15, -0.1) is 24.8 Å². The Hall–Kier alpha value is -0.680. The molecule has 1 aromatic rings. The van der Waals surface area contributed by atoms with Crippen molar-refractivity contribution in [2.45, 2.75) is 13.0 Å². The molecule has 3 N–H and O–H groups in total. The molecule has 0 aromatic heterocycles. The van der Waals surface area contributed by atoms with E-state index < -0.39 is 6.04 Å². The van der Waals surface area contributed by atoms with Crippen molar-refractivity contribution >= 4 is 53.7 Å². The highest BCUT2D eigenvalue weighted by molar-refractivity contribution is 6.31. The summed E-state index contributed by atoms with van der Waals surface area (Å²) in [4.78, 5) is 13.4. The van der Waals surface area contributed by atoms with Gasteiger partial charge in [0.1, 0.15) is 0 Å². The topological polar surface area (TPSA) is 58.4 Å². The zero-order valence-corrected chi connectivity index (χ0v) is 12.8. The van der Waals surface area contributed by atoms with Crippen molar-refractivity contribution in [3.05, 3.63) is 23.2 Å². The Labute approximate surface area is 125 Å². The number of carbonyl (C=O) groups is 1. The Kier molecular flexibility index (Phi) is 9.20. The van der Waals surface area contributed by atoms with E-state index in [1.165, 1.54) is 0 Å². The van der Waals surface area contributed by atoms with Crippen LogP contribution in [0, 0.1) is 0 Å². The second kappa shape index (κ2) is 8.43. The van der Waals surface area contributed by atoms with Crippen LogP contribution in [0.2, 0.25) is 5.02 Å². The quantitative estimate of drug-likeness (QED) is 0.901. The van der Waals surface area contributed by atoms with Crippen LogP contribution in [-0.2, 0) is 4.79 Å². The largest absolute Gasteiger partial charge is 0.376 e. The van der Waals surface area contributed by atoms with Crippen LogP contribution in [-0.4, -0.2) is 26.0 Å². The average molecular weight is 315 g/mol. The summed E-state index contributed by atoms with van der Waals surface area (Å²) < 4.78 is 0. The molecule has 1 rings (SSSR count). The van der Waals surface area contributed by atoms with Crippen molar-refractivity contribution in [3.8, 4) is 0 Å². The van der Waals surface area contributed by atoms with E-state index in [9.17, 15) is 4.79 Å². The van der Waals surface area contributed by atoms with Gasteiger partial charge in [0.15, 0.2) is 0 Å². The van der Waals surface area contributed by atoms with Crippen molar-refractivity contribution in [3.63, 3.8) is 0 Å². The number of hydrogen-bond donors (Lipinski definition) is 2. The number of carbonyl (C=O) groups excluding carboxylic acids is 1. The van der Waals surface area contributed by atoms with Gasteiger partial charge in [-0.25, -0.2) is 0 Å². The molecule has 0 bridgehead atoms. The smallest absolute Gasteiger partial charge is 0.241 e. The molecule has 0 aliphatic rings. The van der Waals surface area contributed by atoms with Crippen molar-refractivity contribution < 1.29 is 4.79 Å². The van der Waals surface area contributed by atoms with Crippen LogP contribution in [0.1, 0.15) is 6.92 Å². The fraction of sp³-hybridized carbons (Fsp3) is 0.364. The molecule has 1 atom stereocenters. The summed E-state index contributed by atoms with van der Waals surface area (Å²) in [6.45, 7) is 1.63. The van der Waals surface area contributed by atoms with Gasteiger partial charge in [-0.1, -0.05) is 11.6 Å². The van der Waals surface area contributed by atoms with Crippen molar-refractivity contribution in [1.82, 2.24) is 0 Å². The van der Waals surface area contributed by atoms with Gasteiger partial charge in [-0.2, -0.15) is 0 Å². The van der Waals surface area contributed by atoms with Gasteiger partial charge in [-0.05, 0) is 25.1 Å². The number of benzene rings is 1. The zero-order chi connectivity index (χ0) is 12.3. The van der Waals surface area contributed by atoms with Crippen LogP contribution >= 0.6 is 36.4 Å². The van der Waals surface area contributed by atoms with Gasteiger partial charge in [-0.3, -0.25) is 4.79 Å². The van der Waals surface area contributed by atoms with E-state index in [2.05, 4.69) is 5.32 Å². The molecule has 104 valence electrons. The minimum absolute atomic E-state index is 0. The van der Waals surface area contributed by atoms with E-state index in [0.29, 0.717) is 10.7 Å². The molecule has 0 spiro atoms. The Morgan fingerprint density at radius 2 is 1.94 bits per heavy atom. The van der Waals surface area contributed by atoms with Crippen LogP contribution in [0.15, 0.2) is 18.2 Å². The van der Waals surface area contributed by atoms with Gasteiger partial charge in [0.25, 0.3) is 0 Å². The SMILES string of the molecule is CC(N)C(=O)Nc1cc(Cl)ccc1N(C)C.Cl.Cl. The third kappa shape index (κ3) is 5.31. The van der Waals surface area contributed by atoms with Crippen LogP contribution in [0.25, 0.3) is 0 Å². The summed E-state index contributed by atoms with van der Waals surface area (Å²) in [6.07, 6.45) is 0. The van der Waals surface area contributed by atoms with Crippen molar-refractivity contribution in [1.29, 1.82) is 0 Å². The Bertz CT molecular complexity index is 397. The molecule has 0 aliphatic carbocycles. The Balaban J connectivity index is 0. The highest BCUT2D eigenvalue weighted by Gasteiger charge is 2.11. The van der Waals surface area contributed by atoms with Gasteiger partial charge < -0.3 is 16.0 Å². The third-order valence-corrected chi connectivity index (χ3v) is 2.35. The van der Waals surface area contributed by atoms with Crippen molar-refractivity contribution in [2.75, 3.05) is 24.3 Å². The molecule has 1 unspecified atom stereocenters. The fourth-order valence-electron chi connectivity index (χ4n) is 1.24. The lowest BCUT2D eigenvalue weighted by atomic mass is 10.2. The number of amides is 1. The van der Waals surface area contributed by atoms with Gasteiger partial charge in [0.2, 0.25) is 5.91 Å². The number of nitrogens with one attached hydrogen (secondary N) is 1. The second-order valence-electron chi connectivity index (χ2n) is 3.83. The first kappa shape index (κ1) is 19.7. The molecule has 18 heavy (non-hydrogen) atoms. The van der Waals surface area contributed by atoms with E-state index in [-0.39, 0.29) is 30.7 Å². The maximum Gasteiger partial charge on any atom is 0.241 e. The van der Waals surface area contributed by atoms with E-state index in [1.54, 1.807) is 19.1 Å². The molecule has 0 fully saturated rings. The molecule has 0 saturated carbocycles. The lowest BCUT2D eigenvalue weighted by molar-refractivity contribution is -0.117. The zero-order valence-electron chi connectivity index (χ0n) is 10.4. The first-order valence-corrected chi connectivity index (χ1v) is 5.33. The minimum atomic E-state index is -0.547. The molecule has 1 aromatic carbocycles. The Morgan fingerprint density at radius 3 is 2.39 bits per heavy atom. The number of nitrogens with zero attached hydrogens (tertiary/aromatic N) is 1. The second-order valence-corrected chi connectivity index (χ2v) is 4.27. The van der Waals surface area contributed by atoms with E-state index in [0.717, 1.165) is 5.69 Å². The first-order valence-electron chi connectivity index (χ1n) is 4.95. The standard InChI is InChI=1S/C11H16ClN3O.2ClH/c1-7(13)11(16)14-9-6-8(12)4-5-10(9)15(2)3;;/h4-7H,13H2,1-3H3,(H,14,16);2*1H. The average Bonchev–Trinajstić information content (AvgIpc) is 2.16. The summed E-state index contributed by atoms with van der Waals surface area (Å²) in [6, 6.07) is 4.78. The number of nitrogens with two attached hydrogens (primary N) is 1. The summed E-state index contributed by atoms with van der Waals surface area (Å²) in [5.74, 6) is -0.231. The monoisotopic (exact) mass is 313 g/mol. The third-order valence-electron chi connectivity index (χ3n) is 2.11. The van der Waals surface area contributed by atoms with Gasteiger partial charge >= 0.3 is 0 Å². The van der Waals surface area contributed by atoms with Gasteiger partial charge in [0.05, 0.1) is 17.4 Å². The summed E-state index contributed by atoms with van der Waals surface area (Å²) in [5.41, 5.74) is 7.04. The summed E-state index contributed by atoms with van der Waals surface area (Å²) in [7, 11) is 3.79. The molecular formula is C11H18Cl3N3O. The predicted octanol–water partition coefficient (Wildman–Crippen LogP) is 2.54. The highest BCUT2D eigenvalue weighted by Crippen LogP contribution is 2.27. The number of halogens is 3. The lowest BCUT2D eigenvalue weighted by Crippen LogP contribution is -2.33. The van der Waals surface area contributed by atoms with Crippen molar-refractivity contribution in [2.24, 2.45) is 5.73 Å². The van der Waals surface area contributed by atoms with Crippen LogP contribution in [0.3, 0.4) is 0 Å². The van der Waals surface area contributed by atoms with Gasteiger partial charge in [0, 0.05) is 19.1 Å². The highest BCUT2D eigenvalue weighted by atomic mass is 35.5.